The van der Waals surface area contributed by atoms with E-state index in [4.69, 9.17) is 11.5 Å². The van der Waals surface area contributed by atoms with Gasteiger partial charge >= 0.3 is 0 Å². The van der Waals surface area contributed by atoms with Gasteiger partial charge in [-0.1, -0.05) is 0 Å². The maximum atomic E-state index is 12.2. The van der Waals surface area contributed by atoms with Gasteiger partial charge in [-0.25, -0.2) is 12.7 Å². The highest BCUT2D eigenvalue weighted by atomic mass is 32.2. The maximum Gasteiger partial charge on any atom is 0.250 e. The van der Waals surface area contributed by atoms with Crippen molar-refractivity contribution < 1.29 is 13.2 Å². The van der Waals surface area contributed by atoms with E-state index in [2.05, 4.69) is 11.1 Å². The van der Waals surface area contributed by atoms with Crippen LogP contribution in [0.5, 0.6) is 0 Å². The zero-order chi connectivity index (χ0) is 21.5. The number of thiophene rings is 1. The van der Waals surface area contributed by atoms with Gasteiger partial charge in [0.2, 0.25) is 10.0 Å². The van der Waals surface area contributed by atoms with Crippen LogP contribution in [0.1, 0.15) is 46.5 Å². The molecule has 0 radical (unpaired) electrons. The molecule has 1 aromatic carbocycles. The van der Waals surface area contributed by atoms with Crippen LogP contribution in [0.25, 0.3) is 21.3 Å². The largest absolute Gasteiger partial charge is 0.366 e. The Balaban J connectivity index is 1.72. The Labute approximate surface area is 180 Å². The minimum Gasteiger partial charge on any atom is -0.366 e. The number of amides is 1. The van der Waals surface area contributed by atoms with Gasteiger partial charge in [-0.15, -0.1) is 11.3 Å². The first-order valence-electron chi connectivity index (χ1n) is 10.1. The fourth-order valence-electron chi connectivity index (χ4n) is 4.20. The van der Waals surface area contributed by atoms with Crippen LogP contribution in [0.2, 0.25) is 0 Å². The number of sulfonamides is 1. The summed E-state index contributed by atoms with van der Waals surface area (Å²) in [6, 6.07) is 7.93. The molecule has 9 heteroatoms. The molecule has 0 bridgehead atoms. The van der Waals surface area contributed by atoms with Crippen molar-refractivity contribution in [1.82, 2.24) is 9.29 Å². The molecule has 1 amide bonds. The average molecular weight is 447 g/mol. The number of hydrogen-bond acceptors (Lipinski definition) is 5. The van der Waals surface area contributed by atoms with Crippen LogP contribution in [0.4, 0.5) is 0 Å². The minimum absolute atomic E-state index is 0.127. The van der Waals surface area contributed by atoms with Crippen LogP contribution in [0, 0.1) is 0 Å². The lowest BCUT2D eigenvalue weighted by molar-refractivity contribution is 0.100. The lowest BCUT2D eigenvalue weighted by Crippen LogP contribution is -2.38. The van der Waals surface area contributed by atoms with Crippen LogP contribution in [0.3, 0.4) is 0 Å². The smallest absolute Gasteiger partial charge is 0.250 e. The van der Waals surface area contributed by atoms with Gasteiger partial charge in [0.25, 0.3) is 5.91 Å². The molecule has 1 fully saturated rings. The predicted octanol–water partition coefficient (Wildman–Crippen LogP) is 2.98. The third-order valence-corrected chi connectivity index (χ3v) is 8.92. The Morgan fingerprint density at radius 3 is 2.60 bits per heavy atom. The van der Waals surface area contributed by atoms with E-state index in [-0.39, 0.29) is 11.7 Å². The molecule has 1 aliphatic rings. The topological polar surface area (TPSA) is 122 Å². The molecule has 0 aliphatic carbocycles. The van der Waals surface area contributed by atoms with Gasteiger partial charge in [-0.3, -0.25) is 4.79 Å². The summed E-state index contributed by atoms with van der Waals surface area (Å²) in [6.45, 7) is 3.18. The summed E-state index contributed by atoms with van der Waals surface area (Å²) in [5.74, 6) is -0.127. The first-order chi connectivity index (χ1) is 14.3. The Morgan fingerprint density at radius 2 is 2.00 bits per heavy atom. The highest BCUT2D eigenvalue weighted by Crippen LogP contribution is 2.38. The summed E-state index contributed by atoms with van der Waals surface area (Å²) in [5, 5.41) is 0.973. The number of nitrogens with one attached hydrogen (secondary N) is 1. The molecule has 2 aromatic heterocycles. The SMILES string of the molecule is CCS(=O)(=O)N1CCC(c2c[nH]c3c(C(N)=O)cc(-c4ccc(CN)s4)cc23)CC1. The maximum absolute atomic E-state index is 12.2. The molecule has 4 rings (SSSR count). The molecule has 3 heterocycles. The van der Waals surface area contributed by atoms with Crippen molar-refractivity contribution in [3.8, 4) is 10.4 Å². The second-order valence-electron chi connectivity index (χ2n) is 7.60. The molecule has 30 heavy (non-hydrogen) atoms. The monoisotopic (exact) mass is 446 g/mol. The number of rotatable bonds is 6. The van der Waals surface area contributed by atoms with E-state index in [1.54, 1.807) is 22.6 Å². The molecule has 0 saturated carbocycles. The van der Waals surface area contributed by atoms with Crippen molar-refractivity contribution >= 4 is 38.2 Å². The number of carbonyl (C=O) groups excluding carboxylic acids is 1. The Bertz CT molecular complexity index is 1190. The average Bonchev–Trinajstić information content (AvgIpc) is 3.40. The first-order valence-corrected chi connectivity index (χ1v) is 12.5. The number of aromatic amines is 1. The van der Waals surface area contributed by atoms with Gasteiger partial charge in [0.15, 0.2) is 0 Å². The van der Waals surface area contributed by atoms with Gasteiger partial charge in [-0.2, -0.15) is 0 Å². The van der Waals surface area contributed by atoms with E-state index in [1.807, 2.05) is 24.4 Å². The predicted molar refractivity (Wildman–Crippen MR) is 121 cm³/mol. The lowest BCUT2D eigenvalue weighted by atomic mass is 9.89. The van der Waals surface area contributed by atoms with E-state index in [9.17, 15) is 13.2 Å². The Morgan fingerprint density at radius 1 is 1.27 bits per heavy atom. The lowest BCUT2D eigenvalue weighted by Gasteiger charge is -2.31. The Hall–Kier alpha value is -2.20. The van der Waals surface area contributed by atoms with Crippen molar-refractivity contribution in [2.45, 2.75) is 32.2 Å². The van der Waals surface area contributed by atoms with Gasteiger partial charge < -0.3 is 16.5 Å². The zero-order valence-corrected chi connectivity index (χ0v) is 18.5. The molecular weight excluding hydrogens is 420 g/mol. The number of aromatic nitrogens is 1. The molecule has 1 aliphatic heterocycles. The third-order valence-electron chi connectivity index (χ3n) is 5.89. The van der Waals surface area contributed by atoms with Gasteiger partial charge in [0, 0.05) is 41.0 Å². The quantitative estimate of drug-likeness (QED) is 0.539. The molecule has 0 atom stereocenters. The van der Waals surface area contributed by atoms with Crippen molar-refractivity contribution in [3.05, 3.63) is 46.5 Å². The molecule has 0 unspecified atom stereocenters. The second kappa shape index (κ2) is 8.14. The van der Waals surface area contributed by atoms with Crippen LogP contribution in [-0.4, -0.2) is 42.5 Å². The van der Waals surface area contributed by atoms with Gasteiger partial charge in [0.05, 0.1) is 16.8 Å². The number of primary amides is 1. The number of H-pyrrole nitrogens is 1. The Kier molecular flexibility index (Phi) is 5.71. The fourth-order valence-corrected chi connectivity index (χ4v) is 6.20. The van der Waals surface area contributed by atoms with Crippen LogP contribution in [0.15, 0.2) is 30.5 Å². The van der Waals surface area contributed by atoms with Crippen molar-refractivity contribution in [1.29, 1.82) is 0 Å². The molecule has 3 aromatic rings. The highest BCUT2D eigenvalue weighted by Gasteiger charge is 2.29. The number of carbonyl (C=O) groups is 1. The number of fused-ring (bicyclic) bond motifs is 1. The second-order valence-corrected chi connectivity index (χ2v) is 11.0. The zero-order valence-electron chi connectivity index (χ0n) is 16.8. The molecule has 1 saturated heterocycles. The third kappa shape index (κ3) is 3.78. The number of nitrogens with two attached hydrogens (primary N) is 2. The first kappa shape index (κ1) is 21.0. The van der Waals surface area contributed by atoms with Crippen LogP contribution < -0.4 is 11.5 Å². The molecular formula is C21H26N4O3S2. The fraction of sp³-hybridized carbons (Fsp3) is 0.381. The number of hydrogen-bond donors (Lipinski definition) is 3. The summed E-state index contributed by atoms with van der Waals surface area (Å²) in [5.41, 5.74) is 14.7. The molecule has 160 valence electrons. The van der Waals surface area contributed by atoms with Crippen molar-refractivity contribution in [3.63, 3.8) is 0 Å². The summed E-state index contributed by atoms with van der Waals surface area (Å²) in [6.07, 6.45) is 3.44. The normalized spacial score (nSPS) is 16.3. The number of piperidine rings is 1. The summed E-state index contributed by atoms with van der Waals surface area (Å²) >= 11 is 1.60. The van der Waals surface area contributed by atoms with Crippen molar-refractivity contribution in [2.24, 2.45) is 11.5 Å². The summed E-state index contributed by atoms with van der Waals surface area (Å²) in [7, 11) is -3.16. The van der Waals surface area contributed by atoms with E-state index >= 15 is 0 Å². The number of benzene rings is 1. The number of nitrogens with zero attached hydrogens (tertiary/aromatic N) is 1. The van der Waals surface area contributed by atoms with Gasteiger partial charge in [-0.05, 0) is 61.1 Å². The van der Waals surface area contributed by atoms with E-state index in [0.29, 0.717) is 25.2 Å². The summed E-state index contributed by atoms with van der Waals surface area (Å²) < 4.78 is 25.9. The minimum atomic E-state index is -3.16. The highest BCUT2D eigenvalue weighted by molar-refractivity contribution is 7.89. The summed E-state index contributed by atoms with van der Waals surface area (Å²) in [4.78, 5) is 17.5. The van der Waals surface area contributed by atoms with E-state index < -0.39 is 15.9 Å². The van der Waals surface area contributed by atoms with Crippen LogP contribution >= 0.6 is 11.3 Å². The molecule has 5 N–H and O–H groups in total. The molecule has 0 spiro atoms. The molecule has 7 nitrogen and oxygen atoms in total. The van der Waals surface area contributed by atoms with Crippen molar-refractivity contribution in [2.75, 3.05) is 18.8 Å². The van der Waals surface area contributed by atoms with E-state index in [0.717, 1.165) is 44.6 Å². The van der Waals surface area contributed by atoms with Gasteiger partial charge in [0.1, 0.15) is 0 Å². The van der Waals surface area contributed by atoms with E-state index in [1.165, 1.54) is 0 Å². The van der Waals surface area contributed by atoms with Crippen LogP contribution in [-0.2, 0) is 16.6 Å². The standard InChI is InChI=1S/C21H26N4O3S2/c1-2-30(27,28)25-7-5-13(6-8-25)18-12-24-20-16(18)9-14(10-17(20)21(23)26)19-4-3-15(11-22)29-19/h3-4,9-10,12-13,24H,2,5-8,11,22H2,1H3,(H2,23,26).